The quantitative estimate of drug-likeness (QED) is 0.458. The molecule has 31 heavy (non-hydrogen) atoms. The molecule has 0 radical (unpaired) electrons. The van der Waals surface area contributed by atoms with Crippen molar-refractivity contribution in [1.29, 1.82) is 0 Å². The molecule has 2 aromatic carbocycles. The maximum atomic E-state index is 5.81. The molecule has 8 heteroatoms. The van der Waals surface area contributed by atoms with Crippen molar-refractivity contribution >= 4 is 39.6 Å². The van der Waals surface area contributed by atoms with Gasteiger partial charge in [0.05, 0.1) is 12.6 Å². The second-order valence-electron chi connectivity index (χ2n) is 7.85. The topological polar surface area (TPSA) is 67.6 Å². The molecule has 158 valence electrons. The lowest BCUT2D eigenvalue weighted by molar-refractivity contribution is 0.409. The molecule has 4 aromatic rings. The van der Waals surface area contributed by atoms with Gasteiger partial charge in [-0.15, -0.1) is 5.10 Å². The fraction of sp³-hybridized carbons (Fsp3) is 0.304. The first-order chi connectivity index (χ1) is 15.2. The molecule has 0 aliphatic heterocycles. The van der Waals surface area contributed by atoms with E-state index in [2.05, 4.69) is 56.9 Å². The van der Waals surface area contributed by atoms with Crippen LogP contribution in [0.1, 0.15) is 30.9 Å². The number of rotatable bonds is 6. The number of hydrogen-bond acceptors (Lipinski definition) is 5. The summed E-state index contributed by atoms with van der Waals surface area (Å²) >= 11 is 5.81. The third kappa shape index (κ3) is 3.90. The van der Waals surface area contributed by atoms with Crippen molar-refractivity contribution in [3.63, 3.8) is 0 Å². The van der Waals surface area contributed by atoms with Gasteiger partial charge in [0.15, 0.2) is 10.8 Å². The fourth-order valence-corrected chi connectivity index (χ4v) is 4.21. The van der Waals surface area contributed by atoms with Crippen molar-refractivity contribution in [2.75, 3.05) is 12.4 Å². The van der Waals surface area contributed by atoms with Crippen molar-refractivity contribution in [2.45, 2.75) is 38.8 Å². The minimum atomic E-state index is 0.430. The number of nitrogens with one attached hydrogen (secondary N) is 1. The van der Waals surface area contributed by atoms with E-state index in [1.54, 1.807) is 7.11 Å². The van der Waals surface area contributed by atoms with Crippen LogP contribution < -0.4 is 10.1 Å². The number of pyridine rings is 1. The molecule has 2 heterocycles. The molecule has 1 aliphatic rings. The smallest absolute Gasteiger partial charge is 0.184 e. The molecule has 1 saturated carbocycles. The maximum absolute atomic E-state index is 5.81. The third-order valence-corrected chi connectivity index (χ3v) is 6.06. The minimum Gasteiger partial charge on any atom is -0.497 e. The van der Waals surface area contributed by atoms with Crippen LogP contribution >= 0.6 is 12.2 Å². The first-order valence-electron chi connectivity index (χ1n) is 10.5. The molecule has 1 aliphatic carbocycles. The predicted molar refractivity (Wildman–Crippen MR) is 125 cm³/mol. The number of fused-ring (bicyclic) bond motifs is 3. The number of methoxy groups -OCH3 is 1. The molecule has 1 N–H and O–H groups in total. The molecule has 0 atom stereocenters. The summed E-state index contributed by atoms with van der Waals surface area (Å²) in [6.45, 7) is 2.81. The van der Waals surface area contributed by atoms with Crippen molar-refractivity contribution in [2.24, 2.45) is 0 Å². The highest BCUT2D eigenvalue weighted by molar-refractivity contribution is 7.80. The van der Waals surface area contributed by atoms with Gasteiger partial charge in [0, 0.05) is 35.3 Å². The van der Waals surface area contributed by atoms with Crippen LogP contribution in [0.5, 0.6) is 5.75 Å². The first kappa shape index (κ1) is 19.7. The first-order valence-corrected chi connectivity index (χ1v) is 10.9. The summed E-state index contributed by atoms with van der Waals surface area (Å²) in [7, 11) is 1.66. The van der Waals surface area contributed by atoms with E-state index in [0.29, 0.717) is 17.7 Å². The Kier molecular flexibility index (Phi) is 5.15. The van der Waals surface area contributed by atoms with Crippen LogP contribution in [0.15, 0.2) is 48.5 Å². The lowest BCUT2D eigenvalue weighted by Crippen LogP contribution is -2.36. The number of aryl methyl sites for hydroxylation is 1. The summed E-state index contributed by atoms with van der Waals surface area (Å²) in [6, 6.07) is 16.9. The molecule has 5 rings (SSSR count). The van der Waals surface area contributed by atoms with Gasteiger partial charge in [0.25, 0.3) is 0 Å². The number of anilines is 1. The monoisotopic (exact) mass is 432 g/mol. The molecular formula is C23H24N6OS. The summed E-state index contributed by atoms with van der Waals surface area (Å²) in [5, 5.41) is 17.7. The second-order valence-corrected chi connectivity index (χ2v) is 8.24. The normalized spacial score (nSPS) is 13.5. The Hall–Kier alpha value is -3.26. The molecule has 0 amide bonds. The Morgan fingerprint density at radius 2 is 2.10 bits per heavy atom. The number of tetrazole rings is 1. The van der Waals surface area contributed by atoms with E-state index < -0.39 is 0 Å². The van der Waals surface area contributed by atoms with Crippen molar-refractivity contribution in [1.82, 2.24) is 24.9 Å². The zero-order valence-electron chi connectivity index (χ0n) is 17.6. The van der Waals surface area contributed by atoms with Crippen LogP contribution in [-0.2, 0) is 13.0 Å². The summed E-state index contributed by atoms with van der Waals surface area (Å²) in [6.07, 6.45) is 3.26. The summed E-state index contributed by atoms with van der Waals surface area (Å²) in [5.41, 5.74) is 5.05. The lowest BCUT2D eigenvalue weighted by Gasteiger charge is -2.26. The fourth-order valence-electron chi connectivity index (χ4n) is 3.88. The number of hydrogen-bond donors (Lipinski definition) is 1. The second kappa shape index (κ2) is 8.11. The highest BCUT2D eigenvalue weighted by Crippen LogP contribution is 2.31. The summed E-state index contributed by atoms with van der Waals surface area (Å²) in [5.74, 6) is 0.795. The molecule has 2 aromatic heterocycles. The molecule has 1 fully saturated rings. The van der Waals surface area contributed by atoms with Crippen molar-refractivity contribution in [3.05, 3.63) is 59.7 Å². The van der Waals surface area contributed by atoms with Gasteiger partial charge in [-0.1, -0.05) is 19.1 Å². The van der Waals surface area contributed by atoms with E-state index in [1.165, 1.54) is 5.56 Å². The van der Waals surface area contributed by atoms with Crippen LogP contribution in [0.4, 0.5) is 5.69 Å². The average molecular weight is 433 g/mol. The Bertz CT molecular complexity index is 1270. The highest BCUT2D eigenvalue weighted by Gasteiger charge is 2.31. The van der Waals surface area contributed by atoms with Gasteiger partial charge in [-0.05, 0) is 77.8 Å². The van der Waals surface area contributed by atoms with E-state index in [0.717, 1.165) is 52.8 Å². The highest BCUT2D eigenvalue weighted by atomic mass is 32.1. The molecular weight excluding hydrogens is 408 g/mol. The van der Waals surface area contributed by atoms with Crippen LogP contribution in [0.25, 0.3) is 16.6 Å². The van der Waals surface area contributed by atoms with E-state index in [9.17, 15) is 0 Å². The predicted octanol–water partition coefficient (Wildman–Crippen LogP) is 4.21. The van der Waals surface area contributed by atoms with E-state index >= 15 is 0 Å². The largest absolute Gasteiger partial charge is 0.497 e. The number of ether oxygens (including phenoxy) is 1. The van der Waals surface area contributed by atoms with E-state index in [4.69, 9.17) is 17.0 Å². The zero-order valence-corrected chi connectivity index (χ0v) is 18.4. The van der Waals surface area contributed by atoms with Gasteiger partial charge in [0.2, 0.25) is 0 Å². The Labute approximate surface area is 186 Å². The Balaban J connectivity index is 1.48. The summed E-state index contributed by atoms with van der Waals surface area (Å²) < 4.78 is 7.16. The zero-order chi connectivity index (χ0) is 21.4. The van der Waals surface area contributed by atoms with Gasteiger partial charge in [-0.3, -0.25) is 0 Å². The van der Waals surface area contributed by atoms with Gasteiger partial charge < -0.3 is 15.0 Å². The minimum absolute atomic E-state index is 0.430. The summed E-state index contributed by atoms with van der Waals surface area (Å²) in [4.78, 5) is 2.24. The lowest BCUT2D eigenvalue weighted by atomic mass is 10.1. The van der Waals surface area contributed by atoms with Crippen LogP contribution in [0, 0.1) is 0 Å². The number of nitrogens with zero attached hydrogens (tertiary/aromatic N) is 5. The van der Waals surface area contributed by atoms with Crippen LogP contribution in [-0.4, -0.2) is 43.2 Å². The molecule has 0 saturated heterocycles. The number of aromatic nitrogens is 4. The molecule has 0 unspecified atom stereocenters. The molecule has 0 bridgehead atoms. The van der Waals surface area contributed by atoms with Crippen LogP contribution in [0.2, 0.25) is 0 Å². The van der Waals surface area contributed by atoms with Gasteiger partial charge in [0.1, 0.15) is 5.75 Å². The van der Waals surface area contributed by atoms with Gasteiger partial charge >= 0.3 is 0 Å². The average Bonchev–Trinajstić information content (AvgIpc) is 3.51. The maximum Gasteiger partial charge on any atom is 0.184 e. The molecule has 0 spiro atoms. The Morgan fingerprint density at radius 3 is 2.87 bits per heavy atom. The van der Waals surface area contributed by atoms with Crippen molar-refractivity contribution < 1.29 is 4.74 Å². The number of benzene rings is 2. The van der Waals surface area contributed by atoms with Gasteiger partial charge in [-0.25, -0.2) is 0 Å². The number of thiocarbonyl (C=S) groups is 1. The van der Waals surface area contributed by atoms with E-state index in [-0.39, 0.29) is 0 Å². The Morgan fingerprint density at radius 1 is 1.23 bits per heavy atom. The van der Waals surface area contributed by atoms with Crippen LogP contribution in [0.3, 0.4) is 0 Å². The third-order valence-electron chi connectivity index (χ3n) is 5.73. The van der Waals surface area contributed by atoms with Crippen molar-refractivity contribution in [3.8, 4) is 5.75 Å². The van der Waals surface area contributed by atoms with Gasteiger partial charge in [-0.2, -0.15) is 4.52 Å². The SMILES string of the molecule is CCc1ccc2c(c1)cc(CN(C(=S)Nc1cccc(OC)c1)C1CC1)c1nnnn12. The van der Waals surface area contributed by atoms with E-state index in [1.807, 2.05) is 28.8 Å². The molecule has 7 nitrogen and oxygen atoms in total. The standard InChI is InChI=1S/C23H24N6OS/c1-3-15-7-10-21-16(11-15)12-17(22-25-26-27-29(21)22)14-28(19-8-9-19)23(31)24-18-5-4-6-20(13-18)30-2/h4-7,10-13,19H,3,8-9,14H2,1-2H3,(H,24,31).